The molecule has 0 unspecified atom stereocenters. The minimum Gasteiger partial charge on any atom is -0.332 e. The zero-order valence-corrected chi connectivity index (χ0v) is 10.5. The van der Waals surface area contributed by atoms with E-state index in [0.29, 0.717) is 11.8 Å². The third kappa shape index (κ3) is 2.33. The number of anilines is 2. The molecule has 0 saturated heterocycles. The van der Waals surface area contributed by atoms with Crippen LogP contribution in [0.1, 0.15) is 0 Å². The molecule has 0 atom stereocenters. The fourth-order valence-corrected chi connectivity index (χ4v) is 1.82. The van der Waals surface area contributed by atoms with Gasteiger partial charge in [0.1, 0.15) is 0 Å². The van der Waals surface area contributed by atoms with Gasteiger partial charge in [0, 0.05) is 18.3 Å². The smallest absolute Gasteiger partial charge is 0.270 e. The molecule has 0 amide bonds. The maximum Gasteiger partial charge on any atom is 0.270 e. The Hall–Kier alpha value is -2.62. The van der Waals surface area contributed by atoms with E-state index in [1.165, 1.54) is 0 Å². The minimum atomic E-state index is 0.526. The summed E-state index contributed by atoms with van der Waals surface area (Å²) in [6.45, 7) is 0. The lowest BCUT2D eigenvalue weighted by molar-refractivity contribution is 0.431. The molecule has 2 aromatic carbocycles. The van der Waals surface area contributed by atoms with Crippen molar-refractivity contribution >= 4 is 11.6 Å². The Balaban J connectivity index is 1.90. The van der Waals surface area contributed by atoms with Crippen molar-refractivity contribution in [2.24, 2.45) is 0 Å². The summed E-state index contributed by atoms with van der Waals surface area (Å²) >= 11 is 0. The third-order valence-corrected chi connectivity index (χ3v) is 2.88. The van der Waals surface area contributed by atoms with Crippen LogP contribution in [0.2, 0.25) is 0 Å². The summed E-state index contributed by atoms with van der Waals surface area (Å²) in [5.41, 5.74) is 1.94. The number of nitrogens with zero attached hydrogens (tertiary/aromatic N) is 3. The van der Waals surface area contributed by atoms with Crippen molar-refractivity contribution in [1.82, 2.24) is 10.1 Å². The second-order valence-electron chi connectivity index (χ2n) is 4.16. The van der Waals surface area contributed by atoms with Gasteiger partial charge in [0.15, 0.2) is 0 Å². The Morgan fingerprint density at radius 1 is 0.895 bits per heavy atom. The van der Waals surface area contributed by atoms with Gasteiger partial charge in [0.2, 0.25) is 0 Å². The van der Waals surface area contributed by atoms with Gasteiger partial charge in [-0.1, -0.05) is 36.4 Å². The highest BCUT2D eigenvalue weighted by molar-refractivity contribution is 5.59. The summed E-state index contributed by atoms with van der Waals surface area (Å²) in [6.07, 6.45) is 0. The first-order valence-corrected chi connectivity index (χ1v) is 6.02. The molecule has 0 bridgehead atoms. The number of para-hydroxylation sites is 1. The van der Waals surface area contributed by atoms with Crippen LogP contribution in [0.5, 0.6) is 0 Å². The highest BCUT2D eigenvalue weighted by atomic mass is 16.5. The van der Waals surface area contributed by atoms with Gasteiger partial charge < -0.3 is 9.42 Å². The minimum absolute atomic E-state index is 0.526. The molecule has 1 heterocycles. The predicted molar refractivity (Wildman–Crippen MR) is 74.2 cm³/mol. The van der Waals surface area contributed by atoms with E-state index in [-0.39, 0.29) is 0 Å². The SMILES string of the molecule is CN(c1ccccc1)c1noc(-c2ccccc2)n1. The van der Waals surface area contributed by atoms with Crippen molar-refractivity contribution < 1.29 is 4.52 Å². The van der Waals surface area contributed by atoms with Gasteiger partial charge in [-0.15, -0.1) is 0 Å². The molecule has 0 N–H and O–H groups in total. The first kappa shape index (κ1) is 11.5. The molecule has 0 spiro atoms. The van der Waals surface area contributed by atoms with E-state index < -0.39 is 0 Å². The normalized spacial score (nSPS) is 10.4. The van der Waals surface area contributed by atoms with E-state index in [1.807, 2.05) is 72.6 Å². The van der Waals surface area contributed by atoms with Gasteiger partial charge >= 0.3 is 0 Å². The lowest BCUT2D eigenvalue weighted by atomic mass is 10.2. The Kier molecular flexibility index (Phi) is 2.98. The summed E-state index contributed by atoms with van der Waals surface area (Å²) < 4.78 is 5.29. The Morgan fingerprint density at radius 3 is 2.21 bits per heavy atom. The standard InChI is InChI=1S/C15H13N3O/c1-18(13-10-6-3-7-11-13)15-16-14(19-17-15)12-8-4-2-5-9-12/h2-11H,1H3. The van der Waals surface area contributed by atoms with E-state index in [2.05, 4.69) is 10.1 Å². The van der Waals surface area contributed by atoms with Crippen molar-refractivity contribution in [2.75, 3.05) is 11.9 Å². The maximum absolute atomic E-state index is 5.29. The molecule has 3 rings (SSSR count). The highest BCUT2D eigenvalue weighted by Gasteiger charge is 2.12. The molecule has 0 fully saturated rings. The van der Waals surface area contributed by atoms with Crippen molar-refractivity contribution in [3.63, 3.8) is 0 Å². The highest BCUT2D eigenvalue weighted by Crippen LogP contribution is 2.23. The van der Waals surface area contributed by atoms with Crippen LogP contribution >= 0.6 is 0 Å². The molecule has 4 nitrogen and oxygen atoms in total. The van der Waals surface area contributed by atoms with E-state index >= 15 is 0 Å². The van der Waals surface area contributed by atoms with E-state index in [1.54, 1.807) is 0 Å². The third-order valence-electron chi connectivity index (χ3n) is 2.88. The molecule has 1 aromatic heterocycles. The first-order valence-electron chi connectivity index (χ1n) is 6.02. The van der Waals surface area contributed by atoms with Gasteiger partial charge in [0.05, 0.1) is 0 Å². The lowest BCUT2D eigenvalue weighted by Crippen LogP contribution is -2.10. The predicted octanol–water partition coefficient (Wildman–Crippen LogP) is 3.50. The van der Waals surface area contributed by atoms with Crippen molar-refractivity contribution in [1.29, 1.82) is 0 Å². The van der Waals surface area contributed by atoms with Crippen molar-refractivity contribution in [3.05, 3.63) is 60.7 Å². The van der Waals surface area contributed by atoms with Crippen LogP contribution in [0.3, 0.4) is 0 Å². The summed E-state index contributed by atoms with van der Waals surface area (Å²) in [4.78, 5) is 6.29. The van der Waals surface area contributed by atoms with Gasteiger partial charge in [0.25, 0.3) is 11.8 Å². The lowest BCUT2D eigenvalue weighted by Gasteiger charge is -2.13. The molecular weight excluding hydrogens is 238 g/mol. The average molecular weight is 251 g/mol. The number of hydrogen-bond acceptors (Lipinski definition) is 4. The molecule has 0 saturated carbocycles. The Morgan fingerprint density at radius 2 is 1.53 bits per heavy atom. The zero-order valence-electron chi connectivity index (χ0n) is 10.5. The summed E-state index contributed by atoms with van der Waals surface area (Å²) in [5.74, 6) is 1.07. The van der Waals surface area contributed by atoms with E-state index in [9.17, 15) is 0 Å². The molecule has 19 heavy (non-hydrogen) atoms. The number of benzene rings is 2. The van der Waals surface area contributed by atoms with Gasteiger partial charge in [-0.2, -0.15) is 4.98 Å². The van der Waals surface area contributed by atoms with Crippen LogP contribution in [0.4, 0.5) is 11.6 Å². The van der Waals surface area contributed by atoms with Crippen LogP contribution in [0, 0.1) is 0 Å². The van der Waals surface area contributed by atoms with Crippen LogP contribution in [0.15, 0.2) is 65.2 Å². The molecule has 0 aliphatic carbocycles. The fourth-order valence-electron chi connectivity index (χ4n) is 1.82. The van der Waals surface area contributed by atoms with E-state index in [4.69, 9.17) is 4.52 Å². The number of aromatic nitrogens is 2. The Bertz CT molecular complexity index is 649. The zero-order chi connectivity index (χ0) is 13.1. The maximum atomic E-state index is 5.29. The molecule has 94 valence electrons. The Labute approximate surface area is 111 Å². The average Bonchev–Trinajstić information content (AvgIpc) is 2.98. The second kappa shape index (κ2) is 4.94. The van der Waals surface area contributed by atoms with Crippen LogP contribution in [0.25, 0.3) is 11.5 Å². The van der Waals surface area contributed by atoms with E-state index in [0.717, 1.165) is 11.3 Å². The summed E-state index contributed by atoms with van der Waals surface area (Å²) in [6, 6.07) is 19.7. The largest absolute Gasteiger partial charge is 0.332 e. The molecular formula is C15H13N3O. The molecule has 3 aromatic rings. The molecule has 0 aliphatic rings. The molecule has 4 heteroatoms. The van der Waals surface area contributed by atoms with Crippen molar-refractivity contribution in [2.45, 2.75) is 0 Å². The van der Waals surface area contributed by atoms with Crippen LogP contribution < -0.4 is 4.90 Å². The summed E-state index contributed by atoms with van der Waals surface area (Å²) in [7, 11) is 1.91. The van der Waals surface area contributed by atoms with Gasteiger partial charge in [-0.3, -0.25) is 0 Å². The summed E-state index contributed by atoms with van der Waals surface area (Å²) in [5, 5.41) is 4.01. The van der Waals surface area contributed by atoms with Crippen LogP contribution in [-0.2, 0) is 0 Å². The van der Waals surface area contributed by atoms with Gasteiger partial charge in [-0.05, 0) is 29.4 Å². The van der Waals surface area contributed by atoms with Crippen LogP contribution in [-0.4, -0.2) is 17.2 Å². The topological polar surface area (TPSA) is 42.2 Å². The van der Waals surface area contributed by atoms with Gasteiger partial charge in [-0.25, -0.2) is 0 Å². The first-order chi connectivity index (χ1) is 9.34. The molecule has 0 radical (unpaired) electrons. The number of hydrogen-bond donors (Lipinski definition) is 0. The quantitative estimate of drug-likeness (QED) is 0.714. The second-order valence-corrected chi connectivity index (χ2v) is 4.16. The fraction of sp³-hybridized carbons (Fsp3) is 0.0667. The monoisotopic (exact) mass is 251 g/mol. The molecule has 0 aliphatic heterocycles. The number of rotatable bonds is 3. The van der Waals surface area contributed by atoms with Crippen molar-refractivity contribution in [3.8, 4) is 11.5 Å².